The van der Waals surface area contributed by atoms with Crippen molar-refractivity contribution in [3.8, 4) is 0 Å². The molecule has 2 saturated heterocycles. The Morgan fingerprint density at radius 3 is 2.79 bits per heavy atom. The molecule has 1 N–H and O–H groups in total. The van der Waals surface area contributed by atoms with Crippen LogP contribution in [0.4, 0.5) is 5.69 Å². The minimum Gasteiger partial charge on any atom is -0.469 e. The second-order valence-corrected chi connectivity index (χ2v) is 7.96. The van der Waals surface area contributed by atoms with Crippen LogP contribution in [-0.2, 0) is 11.2 Å². The Hall–Kier alpha value is -2.47. The van der Waals surface area contributed by atoms with Crippen molar-refractivity contribution in [3.63, 3.8) is 0 Å². The molecule has 4 rings (SSSR count). The van der Waals surface area contributed by atoms with Gasteiger partial charge in [-0.2, -0.15) is 0 Å². The van der Waals surface area contributed by atoms with Crippen molar-refractivity contribution >= 4 is 11.6 Å². The highest BCUT2D eigenvalue weighted by Crippen LogP contribution is 2.18. The number of furan rings is 1. The van der Waals surface area contributed by atoms with Crippen LogP contribution in [0, 0.1) is 12.8 Å². The molecule has 29 heavy (non-hydrogen) atoms. The zero-order valence-electron chi connectivity index (χ0n) is 17.3. The van der Waals surface area contributed by atoms with Gasteiger partial charge in [0, 0.05) is 63.9 Å². The molecule has 0 spiro atoms. The van der Waals surface area contributed by atoms with Gasteiger partial charge in [-0.1, -0.05) is 12.1 Å². The molecular formula is C23H32N4O2. The van der Waals surface area contributed by atoms with Crippen molar-refractivity contribution in [2.24, 2.45) is 10.9 Å². The quantitative estimate of drug-likeness (QED) is 0.601. The fourth-order valence-corrected chi connectivity index (χ4v) is 3.96. The number of aliphatic imine (C=N–C) groups is 1. The van der Waals surface area contributed by atoms with Crippen LogP contribution in [0.5, 0.6) is 0 Å². The van der Waals surface area contributed by atoms with E-state index in [2.05, 4.69) is 46.3 Å². The van der Waals surface area contributed by atoms with Crippen molar-refractivity contribution in [2.45, 2.75) is 19.8 Å². The SMILES string of the molecule is Cc1cccc(N2CCN(C(=NCC3CCOC3)NCCc3ccco3)CC2)c1. The Balaban J connectivity index is 1.35. The van der Waals surface area contributed by atoms with Crippen LogP contribution < -0.4 is 10.2 Å². The van der Waals surface area contributed by atoms with Gasteiger partial charge in [0.05, 0.1) is 12.9 Å². The lowest BCUT2D eigenvalue weighted by Crippen LogP contribution is -2.53. The maximum absolute atomic E-state index is 5.52. The molecule has 2 fully saturated rings. The van der Waals surface area contributed by atoms with Crippen LogP contribution in [0.2, 0.25) is 0 Å². The molecule has 1 aromatic carbocycles. The molecule has 2 aliphatic heterocycles. The molecular weight excluding hydrogens is 364 g/mol. The van der Waals surface area contributed by atoms with E-state index in [9.17, 15) is 0 Å². The number of aryl methyl sites for hydroxylation is 1. The standard InChI is InChI=1S/C23H32N4O2/c1-19-4-2-5-21(16-19)26-10-12-27(13-11-26)23(25-17-20-8-15-28-18-20)24-9-7-22-6-3-14-29-22/h2-6,14,16,20H,7-13,15,17-18H2,1H3,(H,24,25). The van der Waals surface area contributed by atoms with Crippen molar-refractivity contribution < 1.29 is 9.15 Å². The predicted molar refractivity (Wildman–Crippen MR) is 117 cm³/mol. The maximum Gasteiger partial charge on any atom is 0.194 e. The number of benzene rings is 1. The van der Waals surface area contributed by atoms with Crippen molar-refractivity contribution in [1.29, 1.82) is 0 Å². The van der Waals surface area contributed by atoms with E-state index in [4.69, 9.17) is 14.1 Å². The number of piperazine rings is 1. The number of nitrogens with zero attached hydrogens (tertiary/aromatic N) is 3. The molecule has 0 amide bonds. The number of nitrogens with one attached hydrogen (secondary N) is 1. The number of hydrogen-bond acceptors (Lipinski definition) is 4. The van der Waals surface area contributed by atoms with Gasteiger partial charge in [0.25, 0.3) is 0 Å². The largest absolute Gasteiger partial charge is 0.469 e. The van der Waals surface area contributed by atoms with E-state index in [0.717, 1.165) is 77.0 Å². The Morgan fingerprint density at radius 1 is 1.17 bits per heavy atom. The number of hydrogen-bond donors (Lipinski definition) is 1. The normalized spacial score (nSPS) is 20.3. The van der Waals surface area contributed by atoms with Gasteiger partial charge in [-0.25, -0.2) is 0 Å². The fraction of sp³-hybridized carbons (Fsp3) is 0.522. The van der Waals surface area contributed by atoms with E-state index >= 15 is 0 Å². The Kier molecular flexibility index (Phi) is 6.72. The second kappa shape index (κ2) is 9.83. The summed E-state index contributed by atoms with van der Waals surface area (Å²) in [5.41, 5.74) is 2.63. The van der Waals surface area contributed by atoms with Gasteiger partial charge in [0.2, 0.25) is 0 Å². The highest BCUT2D eigenvalue weighted by Gasteiger charge is 2.21. The molecule has 1 atom stereocenters. The third-order valence-corrected chi connectivity index (χ3v) is 5.70. The summed E-state index contributed by atoms with van der Waals surface area (Å²) in [4.78, 5) is 9.82. The van der Waals surface area contributed by atoms with Crippen LogP contribution in [0.3, 0.4) is 0 Å². The van der Waals surface area contributed by atoms with Gasteiger partial charge in [-0.05, 0) is 43.2 Å². The first-order valence-corrected chi connectivity index (χ1v) is 10.7. The summed E-state index contributed by atoms with van der Waals surface area (Å²) in [7, 11) is 0. The third-order valence-electron chi connectivity index (χ3n) is 5.70. The molecule has 6 nitrogen and oxygen atoms in total. The lowest BCUT2D eigenvalue weighted by Gasteiger charge is -2.38. The second-order valence-electron chi connectivity index (χ2n) is 7.96. The molecule has 3 heterocycles. The van der Waals surface area contributed by atoms with Gasteiger partial charge in [-0.3, -0.25) is 4.99 Å². The summed E-state index contributed by atoms with van der Waals surface area (Å²) in [5, 5.41) is 3.57. The van der Waals surface area contributed by atoms with Gasteiger partial charge in [0.15, 0.2) is 5.96 Å². The molecule has 0 saturated carbocycles. The summed E-state index contributed by atoms with van der Waals surface area (Å²) in [6.45, 7) is 9.49. The van der Waals surface area contributed by atoms with Gasteiger partial charge in [0.1, 0.15) is 5.76 Å². The third kappa shape index (κ3) is 5.54. The van der Waals surface area contributed by atoms with Gasteiger partial charge < -0.3 is 24.3 Å². The maximum atomic E-state index is 5.52. The molecule has 156 valence electrons. The molecule has 1 unspecified atom stereocenters. The first kappa shape index (κ1) is 19.8. The van der Waals surface area contributed by atoms with E-state index in [0.29, 0.717) is 5.92 Å². The lowest BCUT2D eigenvalue weighted by molar-refractivity contribution is 0.187. The molecule has 2 aliphatic rings. The molecule has 6 heteroatoms. The van der Waals surface area contributed by atoms with E-state index in [-0.39, 0.29) is 0 Å². The highest BCUT2D eigenvalue weighted by atomic mass is 16.5. The Morgan fingerprint density at radius 2 is 2.07 bits per heavy atom. The van der Waals surface area contributed by atoms with Crippen molar-refractivity contribution in [2.75, 3.05) is 57.4 Å². The summed E-state index contributed by atoms with van der Waals surface area (Å²) in [6.07, 6.45) is 3.71. The van der Waals surface area contributed by atoms with E-state index < -0.39 is 0 Å². The van der Waals surface area contributed by atoms with Crippen LogP contribution in [-0.4, -0.2) is 63.3 Å². The summed E-state index contributed by atoms with van der Waals surface area (Å²) < 4.78 is 11.0. The van der Waals surface area contributed by atoms with Crippen LogP contribution in [0.15, 0.2) is 52.1 Å². The number of guanidine groups is 1. The minimum atomic E-state index is 0.547. The molecule has 1 aromatic heterocycles. The summed E-state index contributed by atoms with van der Waals surface area (Å²) in [5.74, 6) is 2.57. The molecule has 0 aliphatic carbocycles. The van der Waals surface area contributed by atoms with Crippen molar-refractivity contribution in [1.82, 2.24) is 10.2 Å². The summed E-state index contributed by atoms with van der Waals surface area (Å²) >= 11 is 0. The van der Waals surface area contributed by atoms with Crippen molar-refractivity contribution in [3.05, 3.63) is 54.0 Å². The number of anilines is 1. The van der Waals surface area contributed by atoms with Gasteiger partial charge >= 0.3 is 0 Å². The molecule has 0 bridgehead atoms. The monoisotopic (exact) mass is 396 g/mol. The first-order chi connectivity index (χ1) is 14.3. The van der Waals surface area contributed by atoms with Crippen LogP contribution >= 0.6 is 0 Å². The minimum absolute atomic E-state index is 0.547. The lowest BCUT2D eigenvalue weighted by atomic mass is 10.1. The molecule has 2 aromatic rings. The average molecular weight is 397 g/mol. The van der Waals surface area contributed by atoms with Gasteiger partial charge in [-0.15, -0.1) is 0 Å². The van der Waals surface area contributed by atoms with E-state index in [1.807, 2.05) is 12.1 Å². The van der Waals surface area contributed by atoms with Crippen LogP contribution in [0.25, 0.3) is 0 Å². The van der Waals surface area contributed by atoms with E-state index in [1.54, 1.807) is 6.26 Å². The predicted octanol–water partition coefficient (Wildman–Crippen LogP) is 2.93. The number of rotatable bonds is 6. The summed E-state index contributed by atoms with van der Waals surface area (Å²) in [6, 6.07) is 12.7. The smallest absolute Gasteiger partial charge is 0.194 e. The fourth-order valence-electron chi connectivity index (χ4n) is 3.96. The van der Waals surface area contributed by atoms with Crippen LogP contribution in [0.1, 0.15) is 17.7 Å². The molecule has 0 radical (unpaired) electrons. The average Bonchev–Trinajstić information content (AvgIpc) is 3.45. The number of ether oxygens (including phenoxy) is 1. The zero-order chi connectivity index (χ0) is 19.9. The first-order valence-electron chi connectivity index (χ1n) is 10.7. The zero-order valence-corrected chi connectivity index (χ0v) is 17.3. The Bertz CT molecular complexity index is 776. The highest BCUT2D eigenvalue weighted by molar-refractivity contribution is 5.80. The topological polar surface area (TPSA) is 53.2 Å². The Labute approximate surface area is 173 Å². The van der Waals surface area contributed by atoms with E-state index in [1.165, 1.54) is 11.3 Å².